The predicted molar refractivity (Wildman–Crippen MR) is 118 cm³/mol. The van der Waals surface area contributed by atoms with Crippen LogP contribution < -0.4 is 14.4 Å². The Kier molecular flexibility index (Phi) is 6.97. The highest BCUT2D eigenvalue weighted by Crippen LogP contribution is 2.19. The van der Waals surface area contributed by atoms with E-state index >= 15 is 0 Å². The molecule has 1 amide bonds. The minimum Gasteiger partial charge on any atom is -0.497 e. The van der Waals surface area contributed by atoms with Gasteiger partial charge in [0.15, 0.2) is 5.78 Å². The fourth-order valence-electron chi connectivity index (χ4n) is 3.47. The molecule has 166 valence electrons. The first-order chi connectivity index (χ1) is 14.7. The maximum atomic E-state index is 12.8. The van der Waals surface area contributed by atoms with Crippen LogP contribution in [0.2, 0.25) is 0 Å². The molecule has 1 aliphatic heterocycles. The molecular weight excluding hydrogens is 418 g/mol. The molecule has 1 N–H and O–H groups in total. The Morgan fingerprint density at radius 1 is 0.968 bits per heavy atom. The monoisotopic (exact) mass is 445 g/mol. The lowest BCUT2D eigenvalue weighted by molar-refractivity contribution is -0.132. The van der Waals surface area contributed by atoms with Crippen molar-refractivity contribution in [3.8, 4) is 5.75 Å². The summed E-state index contributed by atoms with van der Waals surface area (Å²) in [6.45, 7) is 5.32. The molecular formula is C22H27N3O5S. The van der Waals surface area contributed by atoms with Crippen molar-refractivity contribution in [2.45, 2.75) is 24.8 Å². The Morgan fingerprint density at radius 2 is 1.55 bits per heavy atom. The second-order valence-electron chi connectivity index (χ2n) is 7.43. The highest BCUT2D eigenvalue weighted by atomic mass is 32.2. The molecule has 0 saturated carbocycles. The van der Waals surface area contributed by atoms with Crippen LogP contribution >= 0.6 is 0 Å². The van der Waals surface area contributed by atoms with Crippen molar-refractivity contribution in [3.63, 3.8) is 0 Å². The average Bonchev–Trinajstić information content (AvgIpc) is 2.78. The van der Waals surface area contributed by atoms with Crippen molar-refractivity contribution in [1.29, 1.82) is 0 Å². The number of ketones is 1. The highest BCUT2D eigenvalue weighted by molar-refractivity contribution is 7.89. The quantitative estimate of drug-likeness (QED) is 0.654. The SMILES string of the molecule is COc1ccc(S(=O)(=O)N[C@@H](C)C(=O)N2CCN(c3ccc(C(C)=O)cc3)CC2)cc1. The van der Waals surface area contributed by atoms with Crippen LogP contribution in [0.3, 0.4) is 0 Å². The number of Topliss-reactive ketones (excluding diaryl/α,β-unsaturated/α-hetero) is 1. The zero-order valence-corrected chi connectivity index (χ0v) is 18.7. The standard InChI is InChI=1S/C22H27N3O5S/c1-16(23-31(28,29)21-10-8-20(30-3)9-11-21)22(27)25-14-12-24(13-15-25)19-6-4-18(5-7-19)17(2)26/h4-11,16,23H,12-15H2,1-3H3/t16-/m0/s1. The van der Waals surface area contributed by atoms with Crippen molar-refractivity contribution in [2.24, 2.45) is 0 Å². The van der Waals surface area contributed by atoms with Gasteiger partial charge in [0.25, 0.3) is 0 Å². The van der Waals surface area contributed by atoms with Crippen molar-refractivity contribution < 1.29 is 22.7 Å². The fraction of sp³-hybridized carbons (Fsp3) is 0.364. The Hall–Kier alpha value is -2.91. The number of sulfonamides is 1. The number of anilines is 1. The zero-order chi connectivity index (χ0) is 22.6. The number of rotatable bonds is 7. The van der Waals surface area contributed by atoms with Crippen molar-refractivity contribution in [2.75, 3.05) is 38.2 Å². The number of nitrogens with one attached hydrogen (secondary N) is 1. The number of ether oxygens (including phenoxy) is 1. The summed E-state index contributed by atoms with van der Waals surface area (Å²) < 4.78 is 32.7. The second kappa shape index (κ2) is 9.49. The molecule has 0 bridgehead atoms. The normalized spacial score (nSPS) is 15.5. The van der Waals surface area contributed by atoms with Crippen molar-refractivity contribution in [3.05, 3.63) is 54.1 Å². The van der Waals surface area contributed by atoms with E-state index < -0.39 is 16.1 Å². The first kappa shape index (κ1) is 22.8. The lowest BCUT2D eigenvalue weighted by atomic mass is 10.1. The molecule has 0 radical (unpaired) electrons. The van der Waals surface area contributed by atoms with E-state index in [4.69, 9.17) is 4.74 Å². The lowest BCUT2D eigenvalue weighted by Gasteiger charge is -2.37. The van der Waals surface area contributed by atoms with Gasteiger partial charge in [-0.1, -0.05) is 0 Å². The van der Waals surface area contributed by atoms with E-state index in [9.17, 15) is 18.0 Å². The van der Waals surface area contributed by atoms with Crippen molar-refractivity contribution >= 4 is 27.4 Å². The maximum absolute atomic E-state index is 12.8. The maximum Gasteiger partial charge on any atom is 0.241 e. The largest absolute Gasteiger partial charge is 0.497 e. The van der Waals surface area contributed by atoms with Gasteiger partial charge in [-0.15, -0.1) is 0 Å². The van der Waals surface area contributed by atoms with Crippen LogP contribution in [0.4, 0.5) is 5.69 Å². The molecule has 2 aromatic carbocycles. The van der Waals surface area contributed by atoms with Crippen LogP contribution in [0.15, 0.2) is 53.4 Å². The number of benzene rings is 2. The summed E-state index contributed by atoms with van der Waals surface area (Å²) in [7, 11) is -2.32. The Labute approximate surface area is 182 Å². The van der Waals surface area contributed by atoms with E-state index in [-0.39, 0.29) is 16.6 Å². The van der Waals surface area contributed by atoms with Crippen LogP contribution in [0.25, 0.3) is 0 Å². The van der Waals surface area contributed by atoms with E-state index in [0.717, 1.165) is 5.69 Å². The minimum atomic E-state index is -3.82. The third-order valence-electron chi connectivity index (χ3n) is 5.30. The van der Waals surface area contributed by atoms with Gasteiger partial charge >= 0.3 is 0 Å². The smallest absolute Gasteiger partial charge is 0.241 e. The molecule has 1 saturated heterocycles. The minimum absolute atomic E-state index is 0.0213. The molecule has 8 nitrogen and oxygen atoms in total. The molecule has 9 heteroatoms. The zero-order valence-electron chi connectivity index (χ0n) is 17.9. The molecule has 1 fully saturated rings. The number of nitrogens with zero attached hydrogens (tertiary/aromatic N) is 2. The van der Waals surface area contributed by atoms with Gasteiger partial charge in [-0.3, -0.25) is 9.59 Å². The summed E-state index contributed by atoms with van der Waals surface area (Å²) in [6, 6.07) is 12.5. The molecule has 1 aliphatic rings. The third-order valence-corrected chi connectivity index (χ3v) is 6.86. The number of hydrogen-bond acceptors (Lipinski definition) is 6. The summed E-state index contributed by atoms with van der Waals surface area (Å²) in [5.74, 6) is 0.314. The van der Waals surface area contributed by atoms with Gasteiger partial charge in [0.05, 0.1) is 18.0 Å². The number of carbonyl (C=O) groups excluding carboxylic acids is 2. The molecule has 31 heavy (non-hydrogen) atoms. The highest BCUT2D eigenvalue weighted by Gasteiger charge is 2.28. The Morgan fingerprint density at radius 3 is 2.06 bits per heavy atom. The molecule has 0 aliphatic carbocycles. The molecule has 0 aromatic heterocycles. The van der Waals surface area contributed by atoms with E-state index in [1.165, 1.54) is 26.2 Å². The molecule has 1 atom stereocenters. The van der Waals surface area contributed by atoms with E-state index in [0.29, 0.717) is 37.5 Å². The second-order valence-corrected chi connectivity index (χ2v) is 9.15. The van der Waals surface area contributed by atoms with Gasteiger partial charge in [-0.25, -0.2) is 8.42 Å². The fourth-order valence-corrected chi connectivity index (χ4v) is 4.67. The number of hydrogen-bond donors (Lipinski definition) is 1. The first-order valence-electron chi connectivity index (χ1n) is 10.0. The van der Waals surface area contributed by atoms with E-state index in [2.05, 4.69) is 9.62 Å². The molecule has 0 unspecified atom stereocenters. The van der Waals surface area contributed by atoms with E-state index in [1.807, 2.05) is 12.1 Å². The predicted octanol–water partition coefficient (Wildman–Crippen LogP) is 1.91. The summed E-state index contributed by atoms with van der Waals surface area (Å²) in [4.78, 5) is 28.1. The summed E-state index contributed by atoms with van der Waals surface area (Å²) in [5, 5.41) is 0. The van der Waals surface area contributed by atoms with Gasteiger partial charge in [0, 0.05) is 37.4 Å². The van der Waals surface area contributed by atoms with Crippen LogP contribution in [0.5, 0.6) is 5.75 Å². The summed E-state index contributed by atoms with van der Waals surface area (Å²) in [5.41, 5.74) is 1.65. The lowest BCUT2D eigenvalue weighted by Crippen LogP contribution is -2.54. The van der Waals surface area contributed by atoms with Gasteiger partial charge < -0.3 is 14.5 Å². The van der Waals surface area contributed by atoms with Gasteiger partial charge in [-0.05, 0) is 62.4 Å². The molecule has 0 spiro atoms. The van der Waals surface area contributed by atoms with Gasteiger partial charge in [0.2, 0.25) is 15.9 Å². The van der Waals surface area contributed by atoms with Gasteiger partial charge in [0.1, 0.15) is 5.75 Å². The number of carbonyl (C=O) groups is 2. The van der Waals surface area contributed by atoms with Crippen LogP contribution in [0.1, 0.15) is 24.2 Å². The van der Waals surface area contributed by atoms with Crippen LogP contribution in [0, 0.1) is 0 Å². The Bertz CT molecular complexity index is 1030. The molecule has 2 aromatic rings. The van der Waals surface area contributed by atoms with E-state index in [1.54, 1.807) is 36.1 Å². The number of piperazine rings is 1. The first-order valence-corrected chi connectivity index (χ1v) is 11.5. The topological polar surface area (TPSA) is 96.0 Å². The van der Waals surface area contributed by atoms with Gasteiger partial charge in [-0.2, -0.15) is 4.72 Å². The van der Waals surface area contributed by atoms with Crippen LogP contribution in [-0.4, -0.2) is 64.3 Å². The molecule has 3 rings (SSSR count). The number of amides is 1. The van der Waals surface area contributed by atoms with Crippen LogP contribution in [-0.2, 0) is 14.8 Å². The summed E-state index contributed by atoms with van der Waals surface area (Å²) >= 11 is 0. The average molecular weight is 446 g/mol. The third kappa shape index (κ3) is 5.42. The van der Waals surface area contributed by atoms with Crippen molar-refractivity contribution in [1.82, 2.24) is 9.62 Å². The number of methoxy groups -OCH3 is 1. The molecule has 1 heterocycles. The Balaban J connectivity index is 1.57. The summed E-state index contributed by atoms with van der Waals surface area (Å²) in [6.07, 6.45) is 0.